The molecule has 260 valence electrons. The second-order valence-electron chi connectivity index (χ2n) is 11.6. The van der Waals surface area contributed by atoms with Crippen LogP contribution in [0.5, 0.6) is 11.5 Å². The highest BCUT2D eigenvalue weighted by molar-refractivity contribution is 6.17. The third kappa shape index (κ3) is 11.8. The van der Waals surface area contributed by atoms with Crippen molar-refractivity contribution in [3.05, 3.63) is 178 Å². The predicted molar refractivity (Wildman–Crippen MR) is 205 cm³/mol. The molecular formula is C42H41ClN4O4. The van der Waals surface area contributed by atoms with Gasteiger partial charge < -0.3 is 20.5 Å². The number of nitrogens with one attached hydrogen (secondary N) is 2. The van der Waals surface area contributed by atoms with Crippen LogP contribution in [-0.4, -0.2) is 26.9 Å². The van der Waals surface area contributed by atoms with Gasteiger partial charge in [0.25, 0.3) is 11.8 Å². The number of aromatic hydroxyl groups is 1. The molecule has 2 amide bonds. The first-order valence-corrected chi connectivity index (χ1v) is 16.8. The summed E-state index contributed by atoms with van der Waals surface area (Å²) in [6, 6.07) is 32.6. The quantitative estimate of drug-likeness (QED) is 0.136. The highest BCUT2D eigenvalue weighted by Gasteiger charge is 2.10. The van der Waals surface area contributed by atoms with E-state index in [0.29, 0.717) is 29.4 Å². The van der Waals surface area contributed by atoms with Crippen LogP contribution in [0.2, 0.25) is 0 Å². The highest BCUT2D eigenvalue weighted by atomic mass is 35.5. The van der Waals surface area contributed by atoms with Gasteiger partial charge in [-0.3, -0.25) is 19.6 Å². The molecule has 0 fully saturated rings. The van der Waals surface area contributed by atoms with E-state index in [2.05, 4.69) is 20.6 Å². The first-order valence-electron chi connectivity index (χ1n) is 16.3. The number of carbonyl (C=O) groups excluding carboxylic acids is 2. The normalized spacial score (nSPS) is 10.1. The molecule has 9 heteroatoms. The van der Waals surface area contributed by atoms with Crippen molar-refractivity contribution >= 4 is 34.8 Å². The molecule has 3 N–H and O–H groups in total. The van der Waals surface area contributed by atoms with Gasteiger partial charge in [-0.1, -0.05) is 36.4 Å². The summed E-state index contributed by atoms with van der Waals surface area (Å²) in [5.41, 5.74) is 9.25. The summed E-state index contributed by atoms with van der Waals surface area (Å²) in [7, 11) is 0. The Bertz CT molecular complexity index is 2000. The monoisotopic (exact) mass is 700 g/mol. The van der Waals surface area contributed by atoms with Crippen molar-refractivity contribution in [2.45, 2.75) is 40.2 Å². The standard InChI is InChI=1S/C21H20N2O2.C15H15NO2.C6H6ClN/c1-15-5-3-7-20(16(15)2)23-21(24)18-8-10-19(11-9-18)25-14-17-6-4-12-22-13-17;1-10-4-3-5-14(11(10)2)16-15(18)12-6-8-13(17)9-7-12;7-4-6-2-1-3-8-5-6/h3-13H,14H2,1-2H3,(H,23,24);3-9,17H,1-2H3,(H,16,18);1-3,5H,4H2. The third-order valence-electron chi connectivity index (χ3n) is 7.96. The van der Waals surface area contributed by atoms with Crippen LogP contribution in [0.25, 0.3) is 0 Å². The number of amides is 2. The molecule has 0 saturated heterocycles. The lowest BCUT2D eigenvalue weighted by Gasteiger charge is -2.11. The number of anilines is 2. The number of carbonyl (C=O) groups is 2. The van der Waals surface area contributed by atoms with Gasteiger partial charge in [0.15, 0.2) is 0 Å². The summed E-state index contributed by atoms with van der Waals surface area (Å²) in [6.07, 6.45) is 6.99. The molecule has 6 rings (SSSR count). The minimum atomic E-state index is -0.177. The van der Waals surface area contributed by atoms with Crippen LogP contribution in [0.3, 0.4) is 0 Å². The molecule has 0 unspecified atom stereocenters. The number of phenolic OH excluding ortho intramolecular Hbond substituents is 1. The van der Waals surface area contributed by atoms with Crippen molar-refractivity contribution in [1.29, 1.82) is 0 Å². The molecular weight excluding hydrogens is 660 g/mol. The van der Waals surface area contributed by atoms with E-state index >= 15 is 0 Å². The zero-order chi connectivity index (χ0) is 36.6. The van der Waals surface area contributed by atoms with Crippen LogP contribution in [-0.2, 0) is 12.5 Å². The van der Waals surface area contributed by atoms with E-state index in [1.54, 1.807) is 61.2 Å². The number of aromatic nitrogens is 2. The van der Waals surface area contributed by atoms with Gasteiger partial charge in [0.2, 0.25) is 0 Å². The summed E-state index contributed by atoms with van der Waals surface area (Å²) in [4.78, 5) is 32.3. The summed E-state index contributed by atoms with van der Waals surface area (Å²) < 4.78 is 5.71. The van der Waals surface area contributed by atoms with Crippen molar-refractivity contribution in [2.24, 2.45) is 0 Å². The minimum Gasteiger partial charge on any atom is -0.508 e. The van der Waals surface area contributed by atoms with E-state index in [-0.39, 0.29) is 17.6 Å². The SMILES string of the molecule is Cc1cccc(NC(=O)c2ccc(O)cc2)c1C.Cc1cccc(NC(=O)c2ccc(OCc3cccnc3)cc2)c1C.ClCc1cccnc1. The lowest BCUT2D eigenvalue weighted by Crippen LogP contribution is -2.13. The maximum Gasteiger partial charge on any atom is 0.255 e. The zero-order valence-corrected chi connectivity index (χ0v) is 29.8. The maximum atomic E-state index is 12.4. The molecule has 4 aromatic carbocycles. The van der Waals surface area contributed by atoms with Crippen LogP contribution in [0, 0.1) is 27.7 Å². The molecule has 0 saturated carbocycles. The molecule has 0 bridgehead atoms. The zero-order valence-electron chi connectivity index (χ0n) is 29.1. The van der Waals surface area contributed by atoms with Crippen LogP contribution < -0.4 is 15.4 Å². The number of aryl methyl sites for hydroxylation is 2. The van der Waals surface area contributed by atoms with Gasteiger partial charge in [0, 0.05) is 58.7 Å². The van der Waals surface area contributed by atoms with E-state index in [1.807, 2.05) is 88.4 Å². The molecule has 0 spiro atoms. The molecule has 2 heterocycles. The number of pyridine rings is 2. The molecule has 6 aromatic rings. The van der Waals surface area contributed by atoms with Crippen LogP contribution >= 0.6 is 11.6 Å². The Morgan fingerprint density at radius 2 is 1.10 bits per heavy atom. The number of benzene rings is 4. The molecule has 0 atom stereocenters. The summed E-state index contributed by atoms with van der Waals surface area (Å²) in [5.74, 6) is 1.11. The summed E-state index contributed by atoms with van der Waals surface area (Å²) in [5, 5.41) is 15.0. The number of halogens is 1. The molecule has 0 aliphatic carbocycles. The number of ether oxygens (including phenoxy) is 1. The Morgan fingerprint density at radius 1 is 0.627 bits per heavy atom. The summed E-state index contributed by atoms with van der Waals surface area (Å²) >= 11 is 5.49. The number of hydrogen-bond donors (Lipinski definition) is 3. The lowest BCUT2D eigenvalue weighted by atomic mass is 10.1. The van der Waals surface area contributed by atoms with Gasteiger partial charge >= 0.3 is 0 Å². The van der Waals surface area contributed by atoms with E-state index < -0.39 is 0 Å². The molecule has 8 nitrogen and oxygen atoms in total. The number of nitrogens with zero attached hydrogens (tertiary/aromatic N) is 2. The fraction of sp³-hybridized carbons (Fsp3) is 0.143. The van der Waals surface area contributed by atoms with Gasteiger partial charge in [0.1, 0.15) is 18.1 Å². The third-order valence-corrected chi connectivity index (χ3v) is 8.27. The smallest absolute Gasteiger partial charge is 0.255 e. The number of hydrogen-bond acceptors (Lipinski definition) is 6. The molecule has 2 aromatic heterocycles. The molecule has 0 aliphatic rings. The van der Waals surface area contributed by atoms with E-state index in [0.717, 1.165) is 44.8 Å². The molecule has 51 heavy (non-hydrogen) atoms. The van der Waals surface area contributed by atoms with Crippen molar-refractivity contribution in [3.8, 4) is 11.5 Å². The fourth-order valence-electron chi connectivity index (χ4n) is 4.60. The number of phenols is 1. The van der Waals surface area contributed by atoms with Crippen LogP contribution in [0.1, 0.15) is 54.1 Å². The largest absolute Gasteiger partial charge is 0.508 e. The average Bonchev–Trinajstić information content (AvgIpc) is 3.16. The Hall–Kier alpha value is -5.99. The second kappa shape index (κ2) is 19.3. The minimum absolute atomic E-state index is 0.132. The Morgan fingerprint density at radius 3 is 1.53 bits per heavy atom. The van der Waals surface area contributed by atoms with Crippen LogP contribution in [0.4, 0.5) is 11.4 Å². The Balaban J connectivity index is 0.000000194. The second-order valence-corrected chi connectivity index (χ2v) is 11.9. The summed E-state index contributed by atoms with van der Waals surface area (Å²) in [6.45, 7) is 8.45. The van der Waals surface area contributed by atoms with Crippen LogP contribution in [0.15, 0.2) is 134 Å². The maximum absolute atomic E-state index is 12.4. The van der Waals surface area contributed by atoms with Crippen molar-refractivity contribution in [1.82, 2.24) is 9.97 Å². The predicted octanol–water partition coefficient (Wildman–Crippen LogP) is 9.61. The van der Waals surface area contributed by atoms with Gasteiger partial charge in [-0.15, -0.1) is 11.6 Å². The molecule has 0 aliphatic heterocycles. The highest BCUT2D eigenvalue weighted by Crippen LogP contribution is 2.21. The first kappa shape index (κ1) is 37.8. The average molecular weight is 701 g/mol. The topological polar surface area (TPSA) is 113 Å². The van der Waals surface area contributed by atoms with Gasteiger partial charge in [0.05, 0.1) is 0 Å². The van der Waals surface area contributed by atoms with Crippen molar-refractivity contribution < 1.29 is 19.4 Å². The van der Waals surface area contributed by atoms with E-state index in [9.17, 15) is 14.7 Å². The van der Waals surface area contributed by atoms with Gasteiger partial charge in [-0.2, -0.15) is 0 Å². The van der Waals surface area contributed by atoms with Gasteiger partial charge in [-0.05, 0) is 128 Å². The number of rotatable bonds is 8. The number of alkyl halides is 1. The van der Waals surface area contributed by atoms with E-state index in [1.165, 1.54) is 12.1 Å². The van der Waals surface area contributed by atoms with E-state index in [4.69, 9.17) is 16.3 Å². The van der Waals surface area contributed by atoms with Gasteiger partial charge in [-0.25, -0.2) is 0 Å². The first-order chi connectivity index (χ1) is 24.6. The van der Waals surface area contributed by atoms with Crippen molar-refractivity contribution in [2.75, 3.05) is 10.6 Å². The molecule has 0 radical (unpaired) electrons. The Labute approximate surface area is 304 Å². The lowest BCUT2D eigenvalue weighted by molar-refractivity contribution is 0.101. The van der Waals surface area contributed by atoms with Crippen molar-refractivity contribution in [3.63, 3.8) is 0 Å². The fourth-order valence-corrected chi connectivity index (χ4v) is 4.76. The Kier molecular flexibility index (Phi) is 14.3.